The largest absolute Gasteiger partial charge is 0.454 e. The molecule has 0 radical (unpaired) electrons. The molecule has 6 nitrogen and oxygen atoms in total. The number of halogens is 1. The van der Waals surface area contributed by atoms with Gasteiger partial charge >= 0.3 is 0 Å². The van der Waals surface area contributed by atoms with Crippen LogP contribution in [0.2, 0.25) is 0 Å². The fraction of sp³-hybridized carbons (Fsp3) is 0.133. The van der Waals surface area contributed by atoms with Crippen molar-refractivity contribution in [1.29, 1.82) is 0 Å². The number of fused-ring (bicyclic) bond motifs is 2. The summed E-state index contributed by atoms with van der Waals surface area (Å²) in [7, 11) is -3.83. The van der Waals surface area contributed by atoms with Gasteiger partial charge in [0.15, 0.2) is 11.5 Å². The second-order valence-electron chi connectivity index (χ2n) is 5.11. The fourth-order valence-electron chi connectivity index (χ4n) is 2.62. The van der Waals surface area contributed by atoms with Gasteiger partial charge in [0.2, 0.25) is 6.79 Å². The van der Waals surface area contributed by atoms with E-state index < -0.39 is 15.9 Å². The first kappa shape index (κ1) is 14.5. The van der Waals surface area contributed by atoms with Crippen molar-refractivity contribution in [2.75, 3.05) is 6.79 Å². The Morgan fingerprint density at radius 2 is 1.83 bits per heavy atom. The zero-order chi connectivity index (χ0) is 16.2. The van der Waals surface area contributed by atoms with E-state index in [0.717, 1.165) is 4.31 Å². The van der Waals surface area contributed by atoms with Gasteiger partial charge in [0.25, 0.3) is 15.9 Å². The Hall–Kier alpha value is -2.06. The van der Waals surface area contributed by atoms with E-state index in [1.807, 2.05) is 0 Å². The monoisotopic (exact) mass is 395 g/mol. The van der Waals surface area contributed by atoms with Crippen molar-refractivity contribution in [3.8, 4) is 11.5 Å². The van der Waals surface area contributed by atoms with E-state index >= 15 is 0 Å². The molecule has 0 aliphatic carbocycles. The fourth-order valence-corrected chi connectivity index (χ4v) is 4.62. The van der Waals surface area contributed by atoms with Gasteiger partial charge in [-0.25, -0.2) is 12.7 Å². The molecular formula is C15H10BrNO5S. The molecule has 4 rings (SSSR count). The summed E-state index contributed by atoms with van der Waals surface area (Å²) in [6.07, 6.45) is 0. The quantitative estimate of drug-likeness (QED) is 0.780. The molecule has 0 unspecified atom stereocenters. The third-order valence-electron chi connectivity index (χ3n) is 3.77. The number of sulfonamides is 1. The Labute approximate surface area is 140 Å². The highest BCUT2D eigenvalue weighted by Crippen LogP contribution is 2.39. The standard InChI is InChI=1S/C15H10BrNO5S/c16-11-6-13-12(21-8-22-13)5-9(11)7-17-15(18)10-3-1-2-4-14(10)23(17,19)20/h1-6H,7-8H2. The summed E-state index contributed by atoms with van der Waals surface area (Å²) in [5, 5.41) is 0. The molecule has 2 aromatic rings. The summed E-state index contributed by atoms with van der Waals surface area (Å²) < 4.78 is 37.3. The van der Waals surface area contributed by atoms with Crippen LogP contribution in [0.1, 0.15) is 15.9 Å². The summed E-state index contributed by atoms with van der Waals surface area (Å²) in [6.45, 7) is 0.0463. The van der Waals surface area contributed by atoms with Crippen molar-refractivity contribution in [3.05, 3.63) is 52.0 Å². The molecule has 2 aliphatic rings. The molecule has 1 amide bonds. The van der Waals surface area contributed by atoms with Crippen LogP contribution in [0, 0.1) is 0 Å². The lowest BCUT2D eigenvalue weighted by molar-refractivity contribution is 0.0864. The van der Waals surface area contributed by atoms with E-state index in [0.29, 0.717) is 21.5 Å². The summed E-state index contributed by atoms with van der Waals surface area (Å²) >= 11 is 3.38. The average Bonchev–Trinajstić information content (AvgIpc) is 3.05. The van der Waals surface area contributed by atoms with Gasteiger partial charge < -0.3 is 9.47 Å². The van der Waals surface area contributed by atoms with Gasteiger partial charge in [-0.15, -0.1) is 0 Å². The van der Waals surface area contributed by atoms with E-state index in [1.165, 1.54) is 12.1 Å². The van der Waals surface area contributed by atoms with Gasteiger partial charge in [0, 0.05) is 4.47 Å². The van der Waals surface area contributed by atoms with Crippen molar-refractivity contribution in [1.82, 2.24) is 4.31 Å². The van der Waals surface area contributed by atoms with Crippen LogP contribution in [-0.4, -0.2) is 25.4 Å². The summed E-state index contributed by atoms with van der Waals surface area (Å²) in [5.41, 5.74) is 0.823. The van der Waals surface area contributed by atoms with Crippen molar-refractivity contribution >= 4 is 31.9 Å². The maximum absolute atomic E-state index is 12.6. The minimum Gasteiger partial charge on any atom is -0.454 e. The molecule has 2 aliphatic heterocycles. The van der Waals surface area contributed by atoms with Crippen molar-refractivity contribution < 1.29 is 22.7 Å². The third kappa shape index (κ3) is 2.13. The summed E-state index contributed by atoms with van der Waals surface area (Å²) in [6, 6.07) is 9.59. The second-order valence-corrected chi connectivity index (χ2v) is 7.79. The molecule has 0 saturated heterocycles. The van der Waals surface area contributed by atoms with Gasteiger partial charge in [-0.1, -0.05) is 28.1 Å². The number of rotatable bonds is 2. The molecule has 118 valence electrons. The molecule has 0 fully saturated rings. The Balaban J connectivity index is 1.75. The molecular weight excluding hydrogens is 386 g/mol. The van der Waals surface area contributed by atoms with Gasteiger partial charge in [-0.2, -0.15) is 0 Å². The Morgan fingerprint density at radius 1 is 1.13 bits per heavy atom. The molecule has 8 heteroatoms. The number of amides is 1. The molecule has 0 aromatic heterocycles. The summed E-state index contributed by atoms with van der Waals surface area (Å²) in [4.78, 5) is 12.5. The number of carbonyl (C=O) groups excluding carboxylic acids is 1. The van der Waals surface area contributed by atoms with Crippen LogP contribution < -0.4 is 9.47 Å². The highest BCUT2D eigenvalue weighted by Gasteiger charge is 2.41. The second kappa shape index (κ2) is 4.97. The zero-order valence-corrected chi connectivity index (χ0v) is 14.1. The lowest BCUT2D eigenvalue weighted by atomic mass is 10.2. The highest BCUT2D eigenvalue weighted by molar-refractivity contribution is 9.10. The minimum atomic E-state index is -3.83. The molecule has 0 saturated carbocycles. The van der Waals surface area contributed by atoms with Crippen molar-refractivity contribution in [2.24, 2.45) is 0 Å². The van der Waals surface area contributed by atoms with Crippen molar-refractivity contribution in [2.45, 2.75) is 11.4 Å². The first-order valence-electron chi connectivity index (χ1n) is 6.72. The number of nitrogens with zero attached hydrogens (tertiary/aromatic N) is 1. The highest BCUT2D eigenvalue weighted by atomic mass is 79.9. The van der Waals surface area contributed by atoms with Crippen LogP contribution in [0.25, 0.3) is 0 Å². The Bertz CT molecular complexity index is 941. The SMILES string of the molecule is O=C1c2ccccc2S(=O)(=O)N1Cc1cc2c(cc1Br)OCO2. The van der Waals surface area contributed by atoms with Crippen LogP contribution in [-0.2, 0) is 16.6 Å². The molecule has 0 bridgehead atoms. The van der Waals surface area contributed by atoms with Crippen LogP contribution in [0.15, 0.2) is 45.8 Å². The van der Waals surface area contributed by atoms with Crippen molar-refractivity contribution in [3.63, 3.8) is 0 Å². The minimum absolute atomic E-state index is 0.0434. The van der Waals surface area contributed by atoms with Gasteiger partial charge in [-0.05, 0) is 29.8 Å². The van der Waals surface area contributed by atoms with Gasteiger partial charge in [0.05, 0.1) is 12.1 Å². The lowest BCUT2D eigenvalue weighted by Crippen LogP contribution is -2.29. The van der Waals surface area contributed by atoms with Crippen LogP contribution in [0.3, 0.4) is 0 Å². The molecule has 0 atom stereocenters. The van der Waals surface area contributed by atoms with E-state index in [2.05, 4.69) is 15.9 Å². The average molecular weight is 396 g/mol. The number of carbonyl (C=O) groups is 1. The summed E-state index contributed by atoms with van der Waals surface area (Å²) in [5.74, 6) is 0.592. The molecule has 0 N–H and O–H groups in total. The maximum Gasteiger partial charge on any atom is 0.269 e. The Morgan fingerprint density at radius 3 is 2.57 bits per heavy atom. The van der Waals surface area contributed by atoms with E-state index in [4.69, 9.17) is 9.47 Å². The first-order valence-corrected chi connectivity index (χ1v) is 8.96. The smallest absolute Gasteiger partial charge is 0.269 e. The number of benzene rings is 2. The molecule has 23 heavy (non-hydrogen) atoms. The maximum atomic E-state index is 12.6. The number of hydrogen-bond donors (Lipinski definition) is 0. The van der Waals surface area contributed by atoms with Gasteiger partial charge in [-0.3, -0.25) is 4.79 Å². The van der Waals surface area contributed by atoms with Crippen LogP contribution in [0.5, 0.6) is 11.5 Å². The molecule has 2 heterocycles. The Kier molecular flexibility index (Phi) is 3.14. The van der Waals surface area contributed by atoms with E-state index in [-0.39, 0.29) is 23.8 Å². The van der Waals surface area contributed by atoms with Crippen LogP contribution >= 0.6 is 15.9 Å². The number of hydrogen-bond acceptors (Lipinski definition) is 5. The van der Waals surface area contributed by atoms with Gasteiger partial charge in [0.1, 0.15) is 4.90 Å². The predicted octanol–water partition coefficient (Wildman–Crippen LogP) is 2.52. The first-order chi connectivity index (χ1) is 11.0. The normalized spacial score (nSPS) is 17.4. The number of ether oxygens (including phenoxy) is 2. The lowest BCUT2D eigenvalue weighted by Gasteiger charge is -2.16. The van der Waals surface area contributed by atoms with E-state index in [1.54, 1.807) is 24.3 Å². The molecule has 2 aromatic carbocycles. The predicted molar refractivity (Wildman–Crippen MR) is 83.8 cm³/mol. The molecule has 0 spiro atoms. The third-order valence-corrected chi connectivity index (χ3v) is 6.29. The van der Waals surface area contributed by atoms with Crippen LogP contribution in [0.4, 0.5) is 0 Å². The topological polar surface area (TPSA) is 72.9 Å². The zero-order valence-electron chi connectivity index (χ0n) is 11.7. The van der Waals surface area contributed by atoms with E-state index in [9.17, 15) is 13.2 Å².